The van der Waals surface area contributed by atoms with Crippen LogP contribution in [0.2, 0.25) is 0 Å². The first-order valence-electron chi connectivity index (χ1n) is 5.28. The van der Waals surface area contributed by atoms with E-state index in [1.165, 1.54) is 6.26 Å². The number of carbonyl (C=O) groups is 1. The van der Waals surface area contributed by atoms with Crippen LogP contribution in [0.15, 0.2) is 22.8 Å². The molecule has 1 aliphatic heterocycles. The molecule has 2 rings (SSSR count). The van der Waals surface area contributed by atoms with E-state index in [4.69, 9.17) is 10.2 Å². The van der Waals surface area contributed by atoms with Crippen LogP contribution < -0.4 is 5.73 Å². The van der Waals surface area contributed by atoms with Crippen LogP contribution in [0, 0.1) is 5.92 Å². The van der Waals surface area contributed by atoms with Gasteiger partial charge in [-0.3, -0.25) is 9.69 Å². The maximum absolute atomic E-state index is 11.7. The molecule has 82 valence electrons. The molecule has 4 heteroatoms. The van der Waals surface area contributed by atoms with Gasteiger partial charge in [-0.25, -0.2) is 0 Å². The lowest BCUT2D eigenvalue weighted by molar-refractivity contribution is 0.0916. The first kappa shape index (κ1) is 10.4. The number of carbonyl (C=O) groups excluding carboxylic acids is 1. The minimum atomic E-state index is 0.0534. The molecule has 0 saturated carbocycles. The molecule has 1 aliphatic rings. The summed E-state index contributed by atoms with van der Waals surface area (Å²) in [7, 11) is 0. The van der Waals surface area contributed by atoms with E-state index in [1.54, 1.807) is 12.1 Å². The Morgan fingerprint density at radius 2 is 2.53 bits per heavy atom. The van der Waals surface area contributed by atoms with E-state index in [1.807, 2.05) is 0 Å². The van der Waals surface area contributed by atoms with Crippen LogP contribution in [0.5, 0.6) is 0 Å². The van der Waals surface area contributed by atoms with Crippen molar-refractivity contribution in [3.63, 3.8) is 0 Å². The van der Waals surface area contributed by atoms with Crippen molar-refractivity contribution in [2.75, 3.05) is 26.2 Å². The minimum absolute atomic E-state index is 0.0534. The molecule has 1 aromatic rings. The van der Waals surface area contributed by atoms with Crippen LogP contribution >= 0.6 is 0 Å². The molecule has 1 atom stereocenters. The summed E-state index contributed by atoms with van der Waals surface area (Å²) in [6, 6.07) is 3.44. The average Bonchev–Trinajstić information content (AvgIpc) is 2.87. The number of hydrogen-bond donors (Lipinski definition) is 1. The van der Waals surface area contributed by atoms with E-state index in [0.717, 1.165) is 19.5 Å². The van der Waals surface area contributed by atoms with E-state index >= 15 is 0 Å². The van der Waals surface area contributed by atoms with Gasteiger partial charge in [-0.2, -0.15) is 0 Å². The molecule has 2 heterocycles. The van der Waals surface area contributed by atoms with Crippen LogP contribution in [0.25, 0.3) is 0 Å². The fraction of sp³-hybridized carbons (Fsp3) is 0.545. The van der Waals surface area contributed by atoms with Gasteiger partial charge >= 0.3 is 0 Å². The fourth-order valence-corrected chi connectivity index (χ4v) is 1.97. The topological polar surface area (TPSA) is 59.5 Å². The Labute approximate surface area is 89.0 Å². The number of nitrogens with zero attached hydrogens (tertiary/aromatic N) is 1. The van der Waals surface area contributed by atoms with Gasteiger partial charge in [0.05, 0.1) is 12.8 Å². The molecule has 0 radical (unpaired) electrons. The number of ketones is 1. The zero-order valence-corrected chi connectivity index (χ0v) is 8.69. The normalized spacial score (nSPS) is 22.1. The predicted molar refractivity (Wildman–Crippen MR) is 56.6 cm³/mol. The second kappa shape index (κ2) is 4.59. The van der Waals surface area contributed by atoms with Crippen molar-refractivity contribution < 1.29 is 9.21 Å². The molecule has 0 amide bonds. The molecule has 1 fully saturated rings. The van der Waals surface area contributed by atoms with Gasteiger partial charge in [0.25, 0.3) is 0 Å². The zero-order chi connectivity index (χ0) is 10.7. The third-order valence-corrected chi connectivity index (χ3v) is 2.87. The van der Waals surface area contributed by atoms with Crippen LogP contribution in [0.3, 0.4) is 0 Å². The lowest BCUT2D eigenvalue weighted by atomic mass is 10.1. The largest absolute Gasteiger partial charge is 0.461 e. The zero-order valence-electron chi connectivity index (χ0n) is 8.69. The second-order valence-electron chi connectivity index (χ2n) is 4.03. The first-order valence-corrected chi connectivity index (χ1v) is 5.28. The Balaban J connectivity index is 1.86. The molecule has 0 bridgehead atoms. The Bertz CT molecular complexity index is 321. The van der Waals surface area contributed by atoms with E-state index in [2.05, 4.69) is 4.90 Å². The fourth-order valence-electron chi connectivity index (χ4n) is 1.97. The van der Waals surface area contributed by atoms with Crippen molar-refractivity contribution >= 4 is 5.78 Å². The monoisotopic (exact) mass is 208 g/mol. The molecule has 1 unspecified atom stereocenters. The van der Waals surface area contributed by atoms with Gasteiger partial charge in [-0.1, -0.05) is 0 Å². The molecule has 2 N–H and O–H groups in total. The Kier molecular flexibility index (Phi) is 3.18. The highest BCUT2D eigenvalue weighted by molar-refractivity contribution is 5.95. The third-order valence-electron chi connectivity index (χ3n) is 2.87. The summed E-state index contributed by atoms with van der Waals surface area (Å²) in [5, 5.41) is 0. The summed E-state index contributed by atoms with van der Waals surface area (Å²) in [4.78, 5) is 13.8. The van der Waals surface area contributed by atoms with Crippen molar-refractivity contribution in [1.29, 1.82) is 0 Å². The Morgan fingerprint density at radius 1 is 1.67 bits per heavy atom. The van der Waals surface area contributed by atoms with Crippen molar-refractivity contribution in [2.45, 2.75) is 6.42 Å². The molecule has 0 aliphatic carbocycles. The van der Waals surface area contributed by atoms with Crippen LogP contribution in [-0.2, 0) is 0 Å². The third kappa shape index (κ3) is 2.46. The minimum Gasteiger partial charge on any atom is -0.461 e. The lowest BCUT2D eigenvalue weighted by Gasteiger charge is -2.13. The van der Waals surface area contributed by atoms with Crippen molar-refractivity contribution in [3.8, 4) is 0 Å². The average molecular weight is 208 g/mol. The highest BCUT2D eigenvalue weighted by Gasteiger charge is 2.23. The predicted octanol–water partition coefficient (Wildman–Crippen LogP) is 0.743. The summed E-state index contributed by atoms with van der Waals surface area (Å²) in [6.07, 6.45) is 2.63. The van der Waals surface area contributed by atoms with E-state index in [0.29, 0.717) is 24.8 Å². The van der Waals surface area contributed by atoms with Crippen molar-refractivity contribution in [2.24, 2.45) is 11.7 Å². The smallest absolute Gasteiger partial charge is 0.211 e. The number of Topliss-reactive ketones (excluding diaryl/α,β-unsaturated/α-hetero) is 1. The molecule has 15 heavy (non-hydrogen) atoms. The summed E-state index contributed by atoms with van der Waals surface area (Å²) in [6.45, 7) is 3.06. The summed E-state index contributed by atoms with van der Waals surface area (Å²) in [5.41, 5.74) is 5.59. The number of hydrogen-bond acceptors (Lipinski definition) is 4. The Morgan fingerprint density at radius 3 is 3.13 bits per heavy atom. The molecular formula is C11H16N2O2. The van der Waals surface area contributed by atoms with Crippen molar-refractivity contribution in [1.82, 2.24) is 4.90 Å². The molecule has 1 saturated heterocycles. The summed E-state index contributed by atoms with van der Waals surface area (Å²) in [5.74, 6) is 1.05. The van der Waals surface area contributed by atoms with Gasteiger partial charge < -0.3 is 10.2 Å². The van der Waals surface area contributed by atoms with E-state index in [-0.39, 0.29) is 5.78 Å². The van der Waals surface area contributed by atoms with Crippen molar-refractivity contribution in [3.05, 3.63) is 24.2 Å². The second-order valence-corrected chi connectivity index (χ2v) is 4.03. The SMILES string of the molecule is NCC1CCN(CC(=O)c2ccco2)C1. The molecule has 1 aromatic heterocycles. The van der Waals surface area contributed by atoms with Gasteiger partial charge in [0.1, 0.15) is 0 Å². The van der Waals surface area contributed by atoms with Crippen LogP contribution in [0.1, 0.15) is 17.0 Å². The van der Waals surface area contributed by atoms with Gasteiger partial charge in [-0.15, -0.1) is 0 Å². The molecular weight excluding hydrogens is 192 g/mol. The molecule has 4 nitrogen and oxygen atoms in total. The Hall–Kier alpha value is -1.13. The first-order chi connectivity index (χ1) is 7.29. The number of rotatable bonds is 4. The van der Waals surface area contributed by atoms with Crippen LogP contribution in [0.4, 0.5) is 0 Å². The molecule has 0 aromatic carbocycles. The number of furan rings is 1. The highest BCUT2D eigenvalue weighted by atomic mass is 16.3. The highest BCUT2D eigenvalue weighted by Crippen LogP contribution is 2.15. The maximum atomic E-state index is 11.7. The standard InChI is InChI=1S/C11H16N2O2/c12-6-9-3-4-13(7-9)8-10(14)11-2-1-5-15-11/h1-2,5,9H,3-4,6-8,12H2. The maximum Gasteiger partial charge on any atom is 0.211 e. The summed E-state index contributed by atoms with van der Waals surface area (Å²) < 4.78 is 5.06. The van der Waals surface area contributed by atoms with E-state index in [9.17, 15) is 4.79 Å². The van der Waals surface area contributed by atoms with Crippen LogP contribution in [-0.4, -0.2) is 36.9 Å². The quantitative estimate of drug-likeness (QED) is 0.741. The molecule has 0 spiro atoms. The van der Waals surface area contributed by atoms with Gasteiger partial charge in [0.2, 0.25) is 5.78 Å². The number of likely N-dealkylation sites (tertiary alicyclic amines) is 1. The summed E-state index contributed by atoms with van der Waals surface area (Å²) >= 11 is 0. The number of nitrogens with two attached hydrogens (primary N) is 1. The van der Waals surface area contributed by atoms with Gasteiger partial charge in [0, 0.05) is 6.54 Å². The lowest BCUT2D eigenvalue weighted by Crippen LogP contribution is -2.28. The van der Waals surface area contributed by atoms with Gasteiger partial charge in [0.15, 0.2) is 5.76 Å². The van der Waals surface area contributed by atoms with Gasteiger partial charge in [-0.05, 0) is 37.6 Å². The van der Waals surface area contributed by atoms with E-state index < -0.39 is 0 Å².